The number of carbonyl (C=O) groups is 1. The largest absolute Gasteiger partial charge is 0.493 e. The first-order chi connectivity index (χ1) is 5.16. The van der Waals surface area contributed by atoms with Crippen LogP contribution in [0.25, 0.3) is 0 Å². The van der Waals surface area contributed by atoms with Crippen LogP contribution in [-0.4, -0.2) is 12.9 Å². The molecule has 1 aliphatic rings. The van der Waals surface area contributed by atoms with Crippen LogP contribution in [0.3, 0.4) is 0 Å². The van der Waals surface area contributed by atoms with Gasteiger partial charge in [-0.25, -0.2) is 0 Å². The standard InChI is InChI=1S/C9H14O2/c1-6-4-5-7(2)9(11-3)8(6)10/h6H,4-5H2,1-3H3. The van der Waals surface area contributed by atoms with Gasteiger partial charge in [0.15, 0.2) is 11.5 Å². The number of methoxy groups -OCH3 is 1. The highest BCUT2D eigenvalue weighted by Gasteiger charge is 2.24. The van der Waals surface area contributed by atoms with Crippen LogP contribution >= 0.6 is 0 Å². The van der Waals surface area contributed by atoms with Crippen molar-refractivity contribution in [2.75, 3.05) is 7.11 Å². The predicted molar refractivity (Wildman–Crippen MR) is 43.1 cm³/mol. The molecule has 0 aromatic rings. The SMILES string of the molecule is COC1=C(C)CCC(C)C1=O. The molecule has 0 fully saturated rings. The van der Waals surface area contributed by atoms with Gasteiger partial charge in [0, 0.05) is 5.92 Å². The smallest absolute Gasteiger partial charge is 0.200 e. The molecule has 0 N–H and O–H groups in total. The molecule has 2 heteroatoms. The zero-order valence-corrected chi connectivity index (χ0v) is 7.31. The van der Waals surface area contributed by atoms with E-state index in [2.05, 4.69) is 0 Å². The normalized spacial score (nSPS) is 25.7. The summed E-state index contributed by atoms with van der Waals surface area (Å²) >= 11 is 0. The Labute approximate surface area is 67.2 Å². The molecular weight excluding hydrogens is 140 g/mol. The number of ether oxygens (including phenoxy) is 1. The summed E-state index contributed by atoms with van der Waals surface area (Å²) in [6.07, 6.45) is 1.97. The molecule has 2 nitrogen and oxygen atoms in total. The maximum atomic E-state index is 11.4. The van der Waals surface area contributed by atoms with E-state index in [0.717, 1.165) is 18.4 Å². The topological polar surface area (TPSA) is 26.3 Å². The third-order valence-corrected chi connectivity index (χ3v) is 2.22. The van der Waals surface area contributed by atoms with Crippen LogP contribution in [-0.2, 0) is 9.53 Å². The summed E-state index contributed by atoms with van der Waals surface area (Å²) in [4.78, 5) is 11.4. The lowest BCUT2D eigenvalue weighted by Gasteiger charge is -2.20. The lowest BCUT2D eigenvalue weighted by molar-refractivity contribution is -0.122. The molecule has 0 aromatic carbocycles. The predicted octanol–water partition coefficient (Wildman–Crippen LogP) is 1.91. The van der Waals surface area contributed by atoms with Crippen molar-refractivity contribution in [3.63, 3.8) is 0 Å². The monoisotopic (exact) mass is 154 g/mol. The molecule has 1 aliphatic carbocycles. The van der Waals surface area contributed by atoms with E-state index >= 15 is 0 Å². The van der Waals surface area contributed by atoms with E-state index in [9.17, 15) is 4.79 Å². The number of allylic oxidation sites excluding steroid dienone is 2. The van der Waals surface area contributed by atoms with Crippen molar-refractivity contribution >= 4 is 5.78 Å². The highest BCUT2D eigenvalue weighted by atomic mass is 16.5. The van der Waals surface area contributed by atoms with Crippen molar-refractivity contribution in [2.24, 2.45) is 5.92 Å². The number of hydrogen-bond acceptors (Lipinski definition) is 2. The number of carbonyl (C=O) groups excluding carboxylic acids is 1. The molecule has 0 amide bonds. The molecule has 0 heterocycles. The quantitative estimate of drug-likeness (QED) is 0.576. The first kappa shape index (κ1) is 8.31. The lowest BCUT2D eigenvalue weighted by atomic mass is 9.89. The Kier molecular flexibility index (Phi) is 2.32. The van der Waals surface area contributed by atoms with Crippen LogP contribution in [0.4, 0.5) is 0 Å². The minimum atomic E-state index is 0.147. The molecule has 0 saturated heterocycles. The van der Waals surface area contributed by atoms with E-state index in [1.165, 1.54) is 0 Å². The number of hydrogen-bond donors (Lipinski definition) is 0. The van der Waals surface area contributed by atoms with Crippen molar-refractivity contribution in [3.05, 3.63) is 11.3 Å². The molecule has 0 saturated carbocycles. The minimum Gasteiger partial charge on any atom is -0.493 e. The fourth-order valence-corrected chi connectivity index (χ4v) is 1.39. The van der Waals surface area contributed by atoms with Crippen LogP contribution in [0.2, 0.25) is 0 Å². The lowest BCUT2D eigenvalue weighted by Crippen LogP contribution is -2.20. The van der Waals surface area contributed by atoms with Gasteiger partial charge in [-0.2, -0.15) is 0 Å². The molecule has 1 atom stereocenters. The molecule has 11 heavy (non-hydrogen) atoms. The average molecular weight is 154 g/mol. The summed E-state index contributed by atoms with van der Waals surface area (Å²) in [6.45, 7) is 3.91. The van der Waals surface area contributed by atoms with Gasteiger partial charge in [0.1, 0.15) is 0 Å². The van der Waals surface area contributed by atoms with Crippen molar-refractivity contribution < 1.29 is 9.53 Å². The summed E-state index contributed by atoms with van der Waals surface area (Å²) < 4.78 is 5.02. The van der Waals surface area contributed by atoms with Crippen molar-refractivity contribution in [1.29, 1.82) is 0 Å². The third kappa shape index (κ3) is 1.44. The molecular formula is C9H14O2. The molecule has 0 radical (unpaired) electrons. The van der Waals surface area contributed by atoms with E-state index in [0.29, 0.717) is 5.76 Å². The molecule has 0 bridgehead atoms. The second kappa shape index (κ2) is 3.07. The van der Waals surface area contributed by atoms with Gasteiger partial charge in [-0.05, 0) is 25.3 Å². The Balaban J connectivity index is 2.89. The second-order valence-corrected chi connectivity index (χ2v) is 3.12. The van der Waals surface area contributed by atoms with Gasteiger partial charge in [0.25, 0.3) is 0 Å². The van der Waals surface area contributed by atoms with Gasteiger partial charge in [-0.15, -0.1) is 0 Å². The number of ketones is 1. The molecule has 0 aromatic heterocycles. The maximum absolute atomic E-state index is 11.4. The van der Waals surface area contributed by atoms with Crippen molar-refractivity contribution in [2.45, 2.75) is 26.7 Å². The van der Waals surface area contributed by atoms with Crippen LogP contribution < -0.4 is 0 Å². The van der Waals surface area contributed by atoms with E-state index in [1.54, 1.807) is 7.11 Å². The maximum Gasteiger partial charge on any atom is 0.200 e. The van der Waals surface area contributed by atoms with Crippen molar-refractivity contribution in [3.8, 4) is 0 Å². The van der Waals surface area contributed by atoms with Gasteiger partial charge < -0.3 is 4.74 Å². The molecule has 0 aliphatic heterocycles. The second-order valence-electron chi connectivity index (χ2n) is 3.12. The molecule has 62 valence electrons. The van der Waals surface area contributed by atoms with Gasteiger partial charge in [-0.1, -0.05) is 6.92 Å². The molecule has 1 rings (SSSR count). The summed E-state index contributed by atoms with van der Waals surface area (Å²) in [5.74, 6) is 0.897. The average Bonchev–Trinajstić information content (AvgIpc) is 1.99. The highest BCUT2D eigenvalue weighted by Crippen LogP contribution is 2.25. The van der Waals surface area contributed by atoms with E-state index in [4.69, 9.17) is 4.74 Å². The zero-order chi connectivity index (χ0) is 8.43. The Morgan fingerprint density at radius 2 is 2.18 bits per heavy atom. The summed E-state index contributed by atoms with van der Waals surface area (Å²) in [6, 6.07) is 0. The first-order valence-electron chi connectivity index (χ1n) is 3.94. The van der Waals surface area contributed by atoms with Gasteiger partial charge >= 0.3 is 0 Å². The third-order valence-electron chi connectivity index (χ3n) is 2.22. The van der Waals surface area contributed by atoms with E-state index in [-0.39, 0.29) is 11.7 Å². The van der Waals surface area contributed by atoms with Gasteiger partial charge in [-0.3, -0.25) is 4.79 Å². The van der Waals surface area contributed by atoms with Crippen LogP contribution in [0.15, 0.2) is 11.3 Å². The van der Waals surface area contributed by atoms with Crippen LogP contribution in [0.5, 0.6) is 0 Å². The van der Waals surface area contributed by atoms with Gasteiger partial charge in [0.2, 0.25) is 0 Å². The first-order valence-corrected chi connectivity index (χ1v) is 3.94. The Morgan fingerprint density at radius 1 is 1.55 bits per heavy atom. The highest BCUT2D eigenvalue weighted by molar-refractivity contribution is 5.96. The number of rotatable bonds is 1. The van der Waals surface area contributed by atoms with E-state index < -0.39 is 0 Å². The number of Topliss-reactive ketones (excluding diaryl/α,β-unsaturated/α-hetero) is 1. The zero-order valence-electron chi connectivity index (χ0n) is 7.31. The molecule has 1 unspecified atom stereocenters. The van der Waals surface area contributed by atoms with Gasteiger partial charge in [0.05, 0.1) is 7.11 Å². The molecule has 0 spiro atoms. The van der Waals surface area contributed by atoms with Crippen LogP contribution in [0, 0.1) is 5.92 Å². The van der Waals surface area contributed by atoms with Crippen LogP contribution in [0.1, 0.15) is 26.7 Å². The Morgan fingerprint density at radius 3 is 2.64 bits per heavy atom. The van der Waals surface area contributed by atoms with Crippen molar-refractivity contribution in [1.82, 2.24) is 0 Å². The summed E-state index contributed by atoms with van der Waals surface area (Å²) in [5.41, 5.74) is 1.09. The minimum absolute atomic E-state index is 0.147. The Hall–Kier alpha value is -0.790. The summed E-state index contributed by atoms with van der Waals surface area (Å²) in [7, 11) is 1.56. The fraction of sp³-hybridized carbons (Fsp3) is 0.667. The Bertz CT molecular complexity index is 204. The van der Waals surface area contributed by atoms with E-state index in [1.807, 2.05) is 13.8 Å². The summed E-state index contributed by atoms with van der Waals surface area (Å²) in [5, 5.41) is 0. The fourth-order valence-electron chi connectivity index (χ4n) is 1.39.